The molecule has 4 rings (SSSR count). The third-order valence-electron chi connectivity index (χ3n) is 5.37. The fourth-order valence-electron chi connectivity index (χ4n) is 3.65. The molecule has 0 unspecified atom stereocenters. The van der Waals surface area contributed by atoms with Crippen LogP contribution in [0, 0.1) is 19.7 Å². The predicted octanol–water partition coefficient (Wildman–Crippen LogP) is 4.43. The van der Waals surface area contributed by atoms with Crippen LogP contribution in [0.1, 0.15) is 24.0 Å². The number of carbonyl (C=O) groups is 1. The smallest absolute Gasteiger partial charge is 0.275 e. The summed E-state index contributed by atoms with van der Waals surface area (Å²) in [5, 5.41) is 2.93. The maximum absolute atomic E-state index is 13.8. The summed E-state index contributed by atoms with van der Waals surface area (Å²) in [6.07, 6.45) is 2.53. The van der Waals surface area contributed by atoms with Gasteiger partial charge in [0, 0.05) is 24.8 Å². The highest BCUT2D eigenvalue weighted by atomic mass is 19.1. The lowest BCUT2D eigenvalue weighted by molar-refractivity contribution is -0.116. The van der Waals surface area contributed by atoms with Crippen LogP contribution in [0.25, 0.3) is 16.6 Å². The molecule has 0 bridgehead atoms. The lowest BCUT2D eigenvalue weighted by Crippen LogP contribution is -2.23. The van der Waals surface area contributed by atoms with Crippen molar-refractivity contribution in [3.8, 4) is 0 Å². The van der Waals surface area contributed by atoms with Crippen LogP contribution in [0.15, 0.2) is 59.5 Å². The number of anilines is 1. The lowest BCUT2D eigenvalue weighted by atomic mass is 10.1. The first-order valence-corrected chi connectivity index (χ1v) is 9.61. The number of carbonyl (C=O) groups excluding carboxylic acids is 1. The van der Waals surface area contributed by atoms with Gasteiger partial charge in [-0.1, -0.05) is 12.1 Å². The van der Waals surface area contributed by atoms with Gasteiger partial charge in [-0.05, 0) is 67.8 Å². The van der Waals surface area contributed by atoms with Crippen LogP contribution in [0.4, 0.5) is 10.1 Å². The van der Waals surface area contributed by atoms with Crippen LogP contribution < -0.4 is 10.9 Å². The van der Waals surface area contributed by atoms with Crippen LogP contribution in [0.3, 0.4) is 0 Å². The zero-order chi connectivity index (χ0) is 20.5. The molecule has 1 N–H and O–H groups in total. The highest BCUT2D eigenvalue weighted by molar-refractivity contribution is 5.91. The fraction of sp³-hybridized carbons (Fsp3) is 0.217. The van der Waals surface area contributed by atoms with Gasteiger partial charge in [-0.3, -0.25) is 9.59 Å². The SMILES string of the molecule is Cc1cccc(NC(=O)CCCn2c(=O)c3cccn3c3ccc(F)cc32)c1C. The predicted molar refractivity (Wildman–Crippen MR) is 113 cm³/mol. The van der Waals surface area contributed by atoms with Crippen LogP contribution in [-0.2, 0) is 11.3 Å². The first-order chi connectivity index (χ1) is 14.0. The molecule has 2 heterocycles. The molecule has 2 aromatic heterocycles. The first-order valence-electron chi connectivity index (χ1n) is 9.61. The molecular weight excluding hydrogens is 369 g/mol. The summed E-state index contributed by atoms with van der Waals surface area (Å²) >= 11 is 0. The summed E-state index contributed by atoms with van der Waals surface area (Å²) in [6, 6.07) is 13.7. The largest absolute Gasteiger partial charge is 0.326 e. The number of nitrogens with zero attached hydrogens (tertiary/aromatic N) is 2. The maximum atomic E-state index is 13.8. The zero-order valence-corrected chi connectivity index (χ0v) is 16.4. The Balaban J connectivity index is 1.55. The zero-order valence-electron chi connectivity index (χ0n) is 16.4. The number of rotatable bonds is 5. The normalized spacial score (nSPS) is 11.3. The van der Waals surface area contributed by atoms with Gasteiger partial charge in [-0.15, -0.1) is 0 Å². The molecule has 6 heteroatoms. The first kappa shape index (κ1) is 18.9. The van der Waals surface area contributed by atoms with E-state index in [1.807, 2.05) is 32.0 Å². The third kappa shape index (κ3) is 3.53. The van der Waals surface area contributed by atoms with E-state index in [4.69, 9.17) is 0 Å². The molecule has 1 amide bonds. The molecule has 0 saturated heterocycles. The van der Waals surface area contributed by atoms with E-state index < -0.39 is 5.82 Å². The average molecular weight is 391 g/mol. The van der Waals surface area contributed by atoms with Crippen molar-refractivity contribution in [2.45, 2.75) is 33.2 Å². The minimum absolute atomic E-state index is 0.106. The number of aryl methyl sites for hydroxylation is 2. The minimum atomic E-state index is -0.398. The van der Waals surface area contributed by atoms with Gasteiger partial charge in [-0.25, -0.2) is 4.39 Å². The Labute approximate surface area is 167 Å². The number of benzene rings is 2. The molecule has 0 aliphatic rings. The van der Waals surface area contributed by atoms with Gasteiger partial charge in [-0.2, -0.15) is 0 Å². The monoisotopic (exact) mass is 391 g/mol. The summed E-state index contributed by atoms with van der Waals surface area (Å²) in [7, 11) is 0. The standard InChI is InChI=1S/C23H22FN3O2/c1-15-6-3-7-18(16(15)2)25-22(28)9-5-13-27-21-14-17(24)10-11-19(21)26-12-4-8-20(26)23(27)29/h3-4,6-8,10-12,14H,5,9,13H2,1-2H3,(H,25,28). The van der Waals surface area contributed by atoms with Crippen LogP contribution in [0.5, 0.6) is 0 Å². The highest BCUT2D eigenvalue weighted by Crippen LogP contribution is 2.19. The third-order valence-corrected chi connectivity index (χ3v) is 5.37. The molecule has 2 aromatic carbocycles. The quantitative estimate of drug-likeness (QED) is 0.547. The van der Waals surface area contributed by atoms with Crippen LogP contribution in [0.2, 0.25) is 0 Å². The van der Waals surface area contributed by atoms with Crippen LogP contribution >= 0.6 is 0 Å². The molecule has 148 valence electrons. The molecular formula is C23H22FN3O2. The minimum Gasteiger partial charge on any atom is -0.326 e. The van der Waals surface area contributed by atoms with Crippen molar-refractivity contribution >= 4 is 28.1 Å². The molecule has 4 aromatic rings. The molecule has 0 aliphatic heterocycles. The number of aromatic nitrogens is 2. The summed E-state index contributed by atoms with van der Waals surface area (Å²) in [4.78, 5) is 25.3. The Kier molecular flexibility index (Phi) is 4.92. The second-order valence-corrected chi connectivity index (χ2v) is 7.25. The van der Waals surface area contributed by atoms with Crippen molar-refractivity contribution in [3.05, 3.63) is 82.0 Å². The van der Waals surface area contributed by atoms with E-state index in [1.54, 1.807) is 33.4 Å². The molecule has 0 radical (unpaired) electrons. The van der Waals surface area contributed by atoms with Gasteiger partial charge in [0.2, 0.25) is 5.91 Å². The van der Waals surface area contributed by atoms with E-state index in [0.717, 1.165) is 22.3 Å². The summed E-state index contributed by atoms with van der Waals surface area (Å²) in [5.74, 6) is -0.504. The van der Waals surface area contributed by atoms with E-state index in [0.29, 0.717) is 24.0 Å². The molecule has 29 heavy (non-hydrogen) atoms. The van der Waals surface area contributed by atoms with Crippen molar-refractivity contribution < 1.29 is 9.18 Å². The maximum Gasteiger partial charge on any atom is 0.275 e. The fourth-order valence-corrected chi connectivity index (χ4v) is 3.65. The average Bonchev–Trinajstić information content (AvgIpc) is 3.18. The van der Waals surface area contributed by atoms with Crippen LogP contribution in [-0.4, -0.2) is 14.9 Å². The number of nitrogens with one attached hydrogen (secondary N) is 1. The number of hydrogen-bond acceptors (Lipinski definition) is 2. The van der Waals surface area contributed by atoms with Gasteiger partial charge < -0.3 is 14.3 Å². The van der Waals surface area contributed by atoms with Crippen molar-refractivity contribution in [1.82, 2.24) is 8.97 Å². The molecule has 0 saturated carbocycles. The van der Waals surface area contributed by atoms with E-state index in [2.05, 4.69) is 5.32 Å². The van der Waals surface area contributed by atoms with Crippen molar-refractivity contribution in [1.29, 1.82) is 0 Å². The Hall–Kier alpha value is -3.41. The topological polar surface area (TPSA) is 55.5 Å². The van der Waals surface area contributed by atoms with E-state index >= 15 is 0 Å². The molecule has 0 atom stereocenters. The number of halogens is 1. The molecule has 0 spiro atoms. The number of fused-ring (bicyclic) bond motifs is 3. The highest BCUT2D eigenvalue weighted by Gasteiger charge is 2.12. The molecule has 0 aliphatic carbocycles. The van der Waals surface area contributed by atoms with Gasteiger partial charge in [0.25, 0.3) is 5.56 Å². The van der Waals surface area contributed by atoms with Crippen molar-refractivity contribution in [3.63, 3.8) is 0 Å². The second-order valence-electron chi connectivity index (χ2n) is 7.25. The Morgan fingerprint density at radius 3 is 2.69 bits per heavy atom. The number of hydrogen-bond donors (Lipinski definition) is 1. The van der Waals surface area contributed by atoms with Gasteiger partial charge in [0.1, 0.15) is 11.3 Å². The summed E-state index contributed by atoms with van der Waals surface area (Å²) in [5.41, 5.74) is 4.57. The Morgan fingerprint density at radius 1 is 1.03 bits per heavy atom. The van der Waals surface area contributed by atoms with Gasteiger partial charge in [0.15, 0.2) is 0 Å². The summed E-state index contributed by atoms with van der Waals surface area (Å²) in [6.45, 7) is 4.30. The van der Waals surface area contributed by atoms with Crippen molar-refractivity contribution in [2.24, 2.45) is 0 Å². The van der Waals surface area contributed by atoms with E-state index in [1.165, 1.54) is 12.1 Å². The Bertz CT molecular complexity index is 1290. The summed E-state index contributed by atoms with van der Waals surface area (Å²) < 4.78 is 17.2. The Morgan fingerprint density at radius 2 is 1.86 bits per heavy atom. The van der Waals surface area contributed by atoms with Gasteiger partial charge in [0.05, 0.1) is 11.0 Å². The lowest BCUT2D eigenvalue weighted by Gasteiger charge is -2.13. The number of amides is 1. The van der Waals surface area contributed by atoms with Gasteiger partial charge >= 0.3 is 0 Å². The second kappa shape index (κ2) is 7.54. The molecule has 0 fully saturated rings. The molecule has 5 nitrogen and oxygen atoms in total. The van der Waals surface area contributed by atoms with Crippen molar-refractivity contribution in [2.75, 3.05) is 5.32 Å². The van der Waals surface area contributed by atoms with E-state index in [-0.39, 0.29) is 17.9 Å². The van der Waals surface area contributed by atoms with E-state index in [9.17, 15) is 14.0 Å².